The summed E-state index contributed by atoms with van der Waals surface area (Å²) in [5.41, 5.74) is -4.90. The van der Waals surface area contributed by atoms with Crippen molar-refractivity contribution in [2.24, 2.45) is 5.10 Å². The van der Waals surface area contributed by atoms with Gasteiger partial charge in [-0.3, -0.25) is 0 Å². The fraction of sp³-hybridized carbons (Fsp3) is 0.500. The van der Waals surface area contributed by atoms with Crippen molar-refractivity contribution in [1.29, 1.82) is 0 Å². The van der Waals surface area contributed by atoms with E-state index in [4.69, 9.17) is 0 Å². The maximum Gasteiger partial charge on any atom is 0.460 e. The molecular weight excluding hydrogens is 424 g/mol. The number of hydrogen-bond acceptors (Lipinski definition) is 2. The van der Waals surface area contributed by atoms with E-state index in [0.717, 1.165) is 14.1 Å². The lowest BCUT2D eigenvalue weighted by molar-refractivity contribution is -0.384. The summed E-state index contributed by atoms with van der Waals surface area (Å²) in [6.45, 7) is 0. The first kappa shape index (κ1) is 23.9. The zero-order valence-electron chi connectivity index (χ0n) is 13.7. The molecule has 1 aromatic rings. The quantitative estimate of drug-likeness (QED) is 0.343. The second-order valence-corrected chi connectivity index (χ2v) is 5.59. The fourth-order valence-electron chi connectivity index (χ4n) is 1.84. The Balaban J connectivity index is 3.61. The van der Waals surface area contributed by atoms with Gasteiger partial charge in [0, 0.05) is 19.7 Å². The highest BCUT2D eigenvalue weighted by Crippen LogP contribution is 2.54. The zero-order valence-corrected chi connectivity index (χ0v) is 13.7. The number of rotatable bonds is 5. The van der Waals surface area contributed by atoms with E-state index >= 15 is 0 Å². The molecule has 0 bridgehead atoms. The molecule has 0 radical (unpaired) electrons. The predicted octanol–water partition coefficient (Wildman–Crippen LogP) is 5.44. The van der Waals surface area contributed by atoms with Gasteiger partial charge in [-0.05, 0) is 12.1 Å². The SMILES string of the molecule is CN(C)/N=C(\c1ccc(C(F)(F)F)cc1)C(F)(F)C(F)(F)C(F)(F)C(F)(F)F. The van der Waals surface area contributed by atoms with Crippen molar-refractivity contribution in [2.75, 3.05) is 14.1 Å². The van der Waals surface area contributed by atoms with Crippen LogP contribution in [0.2, 0.25) is 0 Å². The van der Waals surface area contributed by atoms with E-state index in [0.29, 0.717) is 5.01 Å². The Morgan fingerprint density at radius 2 is 1.14 bits per heavy atom. The van der Waals surface area contributed by atoms with Gasteiger partial charge < -0.3 is 5.01 Å². The van der Waals surface area contributed by atoms with E-state index in [1.54, 1.807) is 0 Å². The zero-order chi connectivity index (χ0) is 22.3. The summed E-state index contributed by atoms with van der Waals surface area (Å²) in [5, 5.41) is 3.19. The summed E-state index contributed by atoms with van der Waals surface area (Å²) < 4.78 is 156. The minimum absolute atomic E-state index is 0.149. The monoisotopic (exact) mass is 434 g/mol. The Hall–Kier alpha value is -2.15. The second kappa shape index (κ2) is 7.03. The molecule has 1 aromatic carbocycles. The molecule has 0 amide bonds. The van der Waals surface area contributed by atoms with Gasteiger partial charge >= 0.3 is 30.1 Å². The van der Waals surface area contributed by atoms with Crippen molar-refractivity contribution < 1.29 is 52.7 Å². The van der Waals surface area contributed by atoms with Gasteiger partial charge in [-0.25, -0.2) is 0 Å². The van der Waals surface area contributed by atoms with Crippen LogP contribution in [-0.2, 0) is 6.18 Å². The van der Waals surface area contributed by atoms with Crippen LogP contribution in [0.5, 0.6) is 0 Å². The Morgan fingerprint density at radius 3 is 1.46 bits per heavy atom. The van der Waals surface area contributed by atoms with Gasteiger partial charge in [0.1, 0.15) is 5.71 Å². The van der Waals surface area contributed by atoms with E-state index in [-0.39, 0.29) is 24.3 Å². The third-order valence-electron chi connectivity index (χ3n) is 3.23. The Labute approximate surface area is 149 Å². The molecule has 28 heavy (non-hydrogen) atoms. The van der Waals surface area contributed by atoms with Crippen molar-refractivity contribution in [1.82, 2.24) is 5.01 Å². The topological polar surface area (TPSA) is 15.6 Å². The van der Waals surface area contributed by atoms with Crippen LogP contribution in [0.25, 0.3) is 0 Å². The molecule has 0 atom stereocenters. The minimum Gasteiger partial charge on any atom is -0.303 e. The Kier molecular flexibility index (Phi) is 6.00. The highest BCUT2D eigenvalue weighted by molar-refractivity contribution is 6.06. The maximum absolute atomic E-state index is 14.2. The molecule has 0 saturated carbocycles. The standard InChI is InChI=1S/C14H10F12N2/c1-28(2)27-9(7-3-5-8(6-4-7)11(17,18)19)10(15,16)12(20,21)13(22,23)14(24,25)26/h3-6H,1-2H3/b27-9+. The van der Waals surface area contributed by atoms with Gasteiger partial charge in [-0.15, -0.1) is 0 Å². The third-order valence-corrected chi connectivity index (χ3v) is 3.23. The van der Waals surface area contributed by atoms with Crippen molar-refractivity contribution in [3.8, 4) is 0 Å². The van der Waals surface area contributed by atoms with Crippen LogP contribution < -0.4 is 0 Å². The van der Waals surface area contributed by atoms with E-state index in [1.165, 1.54) is 0 Å². The summed E-state index contributed by atoms with van der Waals surface area (Å²) in [6.07, 6.45) is -12.0. The van der Waals surface area contributed by atoms with Crippen LogP contribution in [0, 0.1) is 0 Å². The predicted molar refractivity (Wildman–Crippen MR) is 72.6 cm³/mol. The molecule has 0 saturated heterocycles. The number of halogens is 12. The van der Waals surface area contributed by atoms with Crippen molar-refractivity contribution in [3.63, 3.8) is 0 Å². The molecular formula is C14H10F12N2. The molecule has 0 heterocycles. The van der Waals surface area contributed by atoms with E-state index in [9.17, 15) is 52.7 Å². The van der Waals surface area contributed by atoms with E-state index in [1.807, 2.05) is 0 Å². The van der Waals surface area contributed by atoms with Crippen molar-refractivity contribution in [2.45, 2.75) is 30.1 Å². The van der Waals surface area contributed by atoms with Crippen molar-refractivity contribution in [3.05, 3.63) is 35.4 Å². The first-order chi connectivity index (χ1) is 12.3. The van der Waals surface area contributed by atoms with Crippen LogP contribution in [0.3, 0.4) is 0 Å². The van der Waals surface area contributed by atoms with Crippen LogP contribution in [-0.4, -0.2) is 48.8 Å². The summed E-state index contributed by atoms with van der Waals surface area (Å²) in [7, 11) is 1.69. The van der Waals surface area contributed by atoms with Crippen LogP contribution in [0.15, 0.2) is 29.4 Å². The Bertz CT molecular complexity index is 713. The van der Waals surface area contributed by atoms with Gasteiger partial charge in [-0.1, -0.05) is 12.1 Å². The van der Waals surface area contributed by atoms with Gasteiger partial charge in [0.15, 0.2) is 0 Å². The minimum atomic E-state index is -7.16. The molecule has 0 N–H and O–H groups in total. The maximum atomic E-state index is 14.2. The average Bonchev–Trinajstić information content (AvgIpc) is 2.50. The normalized spacial score (nSPS) is 15.0. The largest absolute Gasteiger partial charge is 0.460 e. The van der Waals surface area contributed by atoms with Crippen LogP contribution in [0.1, 0.15) is 11.1 Å². The summed E-state index contributed by atoms with van der Waals surface area (Å²) >= 11 is 0. The van der Waals surface area contributed by atoms with Crippen LogP contribution >= 0.6 is 0 Å². The molecule has 0 aliphatic carbocycles. The summed E-state index contributed by atoms with van der Waals surface area (Å²) in [6, 6.07) is 0.690. The highest BCUT2D eigenvalue weighted by Gasteiger charge is 2.83. The first-order valence-corrected chi connectivity index (χ1v) is 6.91. The van der Waals surface area contributed by atoms with E-state index < -0.39 is 47.0 Å². The lowest BCUT2D eigenvalue weighted by Crippen LogP contribution is -2.63. The molecule has 0 aliphatic rings. The fourth-order valence-corrected chi connectivity index (χ4v) is 1.84. The van der Waals surface area contributed by atoms with Gasteiger partial charge in [0.05, 0.1) is 5.56 Å². The van der Waals surface area contributed by atoms with Crippen molar-refractivity contribution >= 4 is 5.71 Å². The molecule has 160 valence electrons. The number of alkyl halides is 12. The van der Waals surface area contributed by atoms with E-state index in [2.05, 4.69) is 5.10 Å². The molecule has 1 rings (SSSR count). The smallest absolute Gasteiger partial charge is 0.303 e. The number of benzene rings is 1. The molecule has 14 heteroatoms. The molecule has 2 nitrogen and oxygen atoms in total. The number of hydrazone groups is 1. The molecule has 0 spiro atoms. The highest BCUT2D eigenvalue weighted by atomic mass is 19.4. The van der Waals surface area contributed by atoms with Crippen LogP contribution in [0.4, 0.5) is 52.7 Å². The number of hydrogen-bond donors (Lipinski definition) is 0. The molecule has 0 unspecified atom stereocenters. The summed E-state index contributed by atoms with van der Waals surface area (Å²) in [5.74, 6) is -20.4. The average molecular weight is 434 g/mol. The van der Waals surface area contributed by atoms with Gasteiger partial charge in [0.2, 0.25) is 0 Å². The first-order valence-electron chi connectivity index (χ1n) is 6.91. The van der Waals surface area contributed by atoms with Gasteiger partial charge in [-0.2, -0.15) is 57.8 Å². The number of nitrogens with zero attached hydrogens (tertiary/aromatic N) is 2. The lowest BCUT2D eigenvalue weighted by atomic mass is 9.94. The Morgan fingerprint density at radius 1 is 0.714 bits per heavy atom. The summed E-state index contributed by atoms with van der Waals surface area (Å²) in [4.78, 5) is 0. The third kappa shape index (κ3) is 4.14. The van der Waals surface area contributed by atoms with Gasteiger partial charge in [0.25, 0.3) is 0 Å². The second-order valence-electron chi connectivity index (χ2n) is 5.59. The lowest BCUT2D eigenvalue weighted by Gasteiger charge is -2.34. The molecule has 0 fully saturated rings. The molecule has 0 aliphatic heterocycles. The molecule has 0 aromatic heterocycles.